The third kappa shape index (κ3) is 3.81. The standard InChI is InChI=1S/C15H17BrFNO3/c16-11-8-10(17)4-5-12(11)18-13(19)9-15(14(20)21)6-2-1-3-7-15/h4-5,8H,1-3,6-7,9H2,(H,18,19)(H,20,21). The second kappa shape index (κ2) is 6.56. The van der Waals surface area contributed by atoms with E-state index < -0.39 is 17.2 Å². The normalized spacial score (nSPS) is 17.2. The quantitative estimate of drug-likeness (QED) is 0.857. The lowest BCUT2D eigenvalue weighted by Crippen LogP contribution is -2.37. The van der Waals surface area contributed by atoms with Gasteiger partial charge in [-0.3, -0.25) is 9.59 Å². The number of nitrogens with one attached hydrogen (secondary N) is 1. The number of carbonyl (C=O) groups is 2. The molecule has 1 aromatic rings. The SMILES string of the molecule is O=C(CC1(C(=O)O)CCCCC1)Nc1ccc(F)cc1Br. The van der Waals surface area contributed by atoms with E-state index in [9.17, 15) is 19.1 Å². The van der Waals surface area contributed by atoms with E-state index in [2.05, 4.69) is 21.2 Å². The van der Waals surface area contributed by atoms with Crippen LogP contribution in [0.5, 0.6) is 0 Å². The minimum absolute atomic E-state index is 0.0495. The maximum absolute atomic E-state index is 13.0. The van der Waals surface area contributed by atoms with Crippen LogP contribution in [0.3, 0.4) is 0 Å². The van der Waals surface area contributed by atoms with Crippen molar-refractivity contribution in [1.29, 1.82) is 0 Å². The van der Waals surface area contributed by atoms with E-state index in [-0.39, 0.29) is 12.3 Å². The van der Waals surface area contributed by atoms with E-state index in [0.29, 0.717) is 23.0 Å². The van der Waals surface area contributed by atoms with Crippen molar-refractivity contribution < 1.29 is 19.1 Å². The van der Waals surface area contributed by atoms with Crippen LogP contribution in [0.2, 0.25) is 0 Å². The Morgan fingerprint density at radius 2 is 1.95 bits per heavy atom. The van der Waals surface area contributed by atoms with E-state index >= 15 is 0 Å². The molecular weight excluding hydrogens is 341 g/mol. The summed E-state index contributed by atoms with van der Waals surface area (Å²) >= 11 is 3.17. The van der Waals surface area contributed by atoms with Crippen molar-refractivity contribution in [2.75, 3.05) is 5.32 Å². The van der Waals surface area contributed by atoms with Crippen LogP contribution in [-0.2, 0) is 9.59 Å². The molecule has 1 saturated carbocycles. The first-order chi connectivity index (χ1) is 9.93. The number of benzene rings is 1. The van der Waals surface area contributed by atoms with E-state index in [0.717, 1.165) is 19.3 Å². The van der Waals surface area contributed by atoms with Crippen LogP contribution in [0.25, 0.3) is 0 Å². The number of aliphatic carboxylic acids is 1. The highest BCUT2D eigenvalue weighted by atomic mass is 79.9. The molecule has 0 atom stereocenters. The van der Waals surface area contributed by atoms with Crippen LogP contribution in [0.4, 0.5) is 10.1 Å². The highest BCUT2D eigenvalue weighted by Gasteiger charge is 2.41. The Kier molecular flexibility index (Phi) is 4.98. The second-order valence-electron chi connectivity index (χ2n) is 5.50. The van der Waals surface area contributed by atoms with Gasteiger partial charge < -0.3 is 10.4 Å². The molecule has 0 heterocycles. The third-order valence-electron chi connectivity index (χ3n) is 3.97. The van der Waals surface area contributed by atoms with Crippen LogP contribution in [0.1, 0.15) is 38.5 Å². The summed E-state index contributed by atoms with van der Waals surface area (Å²) < 4.78 is 13.4. The summed E-state index contributed by atoms with van der Waals surface area (Å²) in [6.07, 6.45) is 3.69. The van der Waals surface area contributed by atoms with Crippen LogP contribution < -0.4 is 5.32 Å². The number of hydrogen-bond donors (Lipinski definition) is 2. The van der Waals surface area contributed by atoms with Crippen molar-refractivity contribution in [3.05, 3.63) is 28.5 Å². The molecule has 0 bridgehead atoms. The van der Waals surface area contributed by atoms with Crippen molar-refractivity contribution in [1.82, 2.24) is 0 Å². The van der Waals surface area contributed by atoms with Crippen molar-refractivity contribution in [2.45, 2.75) is 38.5 Å². The molecule has 114 valence electrons. The highest BCUT2D eigenvalue weighted by Crippen LogP contribution is 2.40. The van der Waals surface area contributed by atoms with Crippen LogP contribution >= 0.6 is 15.9 Å². The Balaban J connectivity index is 2.07. The summed E-state index contributed by atoms with van der Waals surface area (Å²) in [6, 6.07) is 3.95. The molecule has 21 heavy (non-hydrogen) atoms. The summed E-state index contributed by atoms with van der Waals surface area (Å²) in [7, 11) is 0. The number of rotatable bonds is 4. The molecule has 2 N–H and O–H groups in total. The molecule has 0 radical (unpaired) electrons. The Bertz CT molecular complexity index is 556. The third-order valence-corrected chi connectivity index (χ3v) is 4.62. The minimum atomic E-state index is -0.963. The Morgan fingerprint density at radius 1 is 1.29 bits per heavy atom. The molecule has 1 aromatic carbocycles. The van der Waals surface area contributed by atoms with Gasteiger partial charge in [-0.05, 0) is 47.0 Å². The smallest absolute Gasteiger partial charge is 0.310 e. The summed E-state index contributed by atoms with van der Waals surface area (Å²) in [6.45, 7) is 0. The van der Waals surface area contributed by atoms with Crippen molar-refractivity contribution >= 4 is 33.5 Å². The molecule has 1 fully saturated rings. The maximum Gasteiger partial charge on any atom is 0.310 e. The lowest BCUT2D eigenvalue weighted by molar-refractivity contribution is -0.153. The Labute approximate surface area is 130 Å². The zero-order chi connectivity index (χ0) is 15.5. The van der Waals surface area contributed by atoms with Gasteiger partial charge in [0.2, 0.25) is 5.91 Å². The van der Waals surface area contributed by atoms with Crippen LogP contribution in [0, 0.1) is 11.2 Å². The molecular formula is C15H17BrFNO3. The van der Waals surface area contributed by atoms with Crippen molar-refractivity contribution in [3.8, 4) is 0 Å². The van der Waals surface area contributed by atoms with Gasteiger partial charge in [0.25, 0.3) is 0 Å². The van der Waals surface area contributed by atoms with E-state index in [1.54, 1.807) is 0 Å². The van der Waals surface area contributed by atoms with Gasteiger partial charge in [-0.1, -0.05) is 19.3 Å². The average Bonchev–Trinajstić information content (AvgIpc) is 2.43. The molecule has 4 nitrogen and oxygen atoms in total. The Hall–Kier alpha value is -1.43. The van der Waals surface area contributed by atoms with Gasteiger partial charge in [0.1, 0.15) is 5.82 Å². The lowest BCUT2D eigenvalue weighted by atomic mass is 9.71. The first kappa shape index (κ1) is 15.9. The van der Waals surface area contributed by atoms with Gasteiger partial charge in [0.05, 0.1) is 11.1 Å². The van der Waals surface area contributed by atoms with E-state index in [1.807, 2.05) is 0 Å². The fourth-order valence-corrected chi connectivity index (χ4v) is 3.24. The number of hydrogen-bond acceptors (Lipinski definition) is 2. The average molecular weight is 358 g/mol. The molecule has 1 aliphatic carbocycles. The molecule has 2 rings (SSSR count). The molecule has 0 aromatic heterocycles. The van der Waals surface area contributed by atoms with Crippen molar-refractivity contribution in [2.24, 2.45) is 5.41 Å². The maximum atomic E-state index is 13.0. The lowest BCUT2D eigenvalue weighted by Gasteiger charge is -2.32. The zero-order valence-corrected chi connectivity index (χ0v) is 13.1. The molecule has 1 aliphatic rings. The minimum Gasteiger partial charge on any atom is -0.481 e. The van der Waals surface area contributed by atoms with Gasteiger partial charge in [0, 0.05) is 10.9 Å². The molecule has 6 heteroatoms. The van der Waals surface area contributed by atoms with E-state index in [1.165, 1.54) is 18.2 Å². The van der Waals surface area contributed by atoms with Gasteiger partial charge in [-0.2, -0.15) is 0 Å². The number of amides is 1. The van der Waals surface area contributed by atoms with Gasteiger partial charge in [0.15, 0.2) is 0 Å². The monoisotopic (exact) mass is 357 g/mol. The first-order valence-electron chi connectivity index (χ1n) is 6.91. The van der Waals surface area contributed by atoms with Crippen LogP contribution in [0.15, 0.2) is 22.7 Å². The zero-order valence-electron chi connectivity index (χ0n) is 11.5. The topological polar surface area (TPSA) is 66.4 Å². The van der Waals surface area contributed by atoms with Gasteiger partial charge >= 0.3 is 5.97 Å². The number of carboxylic acid groups (broad SMARTS) is 1. The number of halogens is 2. The van der Waals surface area contributed by atoms with Crippen molar-refractivity contribution in [3.63, 3.8) is 0 Å². The summed E-state index contributed by atoms with van der Waals surface area (Å²) in [5, 5.41) is 12.1. The second-order valence-corrected chi connectivity index (χ2v) is 6.35. The number of carboxylic acids is 1. The highest BCUT2D eigenvalue weighted by molar-refractivity contribution is 9.10. The molecule has 1 amide bonds. The van der Waals surface area contributed by atoms with E-state index in [4.69, 9.17) is 0 Å². The van der Waals surface area contributed by atoms with Gasteiger partial charge in [-0.25, -0.2) is 4.39 Å². The van der Waals surface area contributed by atoms with Gasteiger partial charge in [-0.15, -0.1) is 0 Å². The number of carbonyl (C=O) groups excluding carboxylic acids is 1. The fraction of sp³-hybridized carbons (Fsp3) is 0.467. The summed E-state index contributed by atoms with van der Waals surface area (Å²) in [5.74, 6) is -1.67. The predicted molar refractivity (Wildman–Crippen MR) is 80.5 cm³/mol. The summed E-state index contributed by atoms with van der Waals surface area (Å²) in [5.41, 5.74) is -0.521. The summed E-state index contributed by atoms with van der Waals surface area (Å²) in [4.78, 5) is 23.7. The predicted octanol–water partition coefficient (Wildman–Crippen LogP) is 3.95. The molecule has 0 unspecified atom stereocenters. The number of anilines is 1. The Morgan fingerprint density at radius 3 is 2.52 bits per heavy atom. The first-order valence-corrected chi connectivity index (χ1v) is 7.71. The molecule has 0 saturated heterocycles. The van der Waals surface area contributed by atoms with Crippen LogP contribution in [-0.4, -0.2) is 17.0 Å². The fourth-order valence-electron chi connectivity index (χ4n) is 2.79. The largest absolute Gasteiger partial charge is 0.481 e. The molecule has 0 spiro atoms. The molecule has 0 aliphatic heterocycles.